The number of aryl methyl sites for hydroxylation is 1. The van der Waals surface area contributed by atoms with E-state index in [2.05, 4.69) is 63.2 Å². The Morgan fingerprint density at radius 3 is 2.47 bits per heavy atom. The Morgan fingerprint density at radius 1 is 0.816 bits per heavy atom. The van der Waals surface area contributed by atoms with Gasteiger partial charge in [-0.3, -0.25) is 0 Å². The van der Waals surface area contributed by atoms with E-state index in [1.807, 2.05) is 73.1 Å². The van der Waals surface area contributed by atoms with Crippen molar-refractivity contribution >= 4 is 33.1 Å². The molecule has 0 spiro atoms. The zero-order chi connectivity index (χ0) is 24.8. The Bertz CT molecular complexity index is 1890. The molecule has 3 heterocycles. The van der Waals surface area contributed by atoms with Crippen molar-refractivity contribution in [3.05, 3.63) is 114 Å². The molecule has 0 atom stereocenters. The molecular weight excluding hydrogens is 674 g/mol. The zero-order valence-electron chi connectivity index (χ0n) is 20.1. The number of para-hydroxylation sites is 1. The first kappa shape index (κ1) is 24.3. The molecule has 6 nitrogen and oxygen atoms in total. The summed E-state index contributed by atoms with van der Waals surface area (Å²) in [6.45, 7) is 2.06. The largest absolute Gasteiger partial charge is 2.00 e. The van der Waals surface area contributed by atoms with Gasteiger partial charge in [0.15, 0.2) is 5.13 Å². The van der Waals surface area contributed by atoms with Crippen molar-refractivity contribution in [2.45, 2.75) is 6.92 Å². The predicted molar refractivity (Wildman–Crippen MR) is 146 cm³/mol. The van der Waals surface area contributed by atoms with E-state index in [-0.39, 0.29) is 21.1 Å². The molecule has 7 aromatic rings. The summed E-state index contributed by atoms with van der Waals surface area (Å²) in [6, 6.07) is 34.8. The minimum absolute atomic E-state index is 0. The van der Waals surface area contributed by atoms with Gasteiger partial charge >= 0.3 is 21.1 Å². The van der Waals surface area contributed by atoms with Crippen LogP contribution < -0.4 is 4.74 Å². The minimum atomic E-state index is 0. The average Bonchev–Trinajstić information content (AvgIpc) is 3.67. The summed E-state index contributed by atoms with van der Waals surface area (Å²) in [6.07, 6.45) is 3.78. The van der Waals surface area contributed by atoms with Gasteiger partial charge in [0.1, 0.15) is 5.69 Å². The van der Waals surface area contributed by atoms with Gasteiger partial charge in [-0.05, 0) is 24.1 Å². The zero-order valence-corrected chi connectivity index (χ0v) is 23.2. The van der Waals surface area contributed by atoms with E-state index in [4.69, 9.17) is 4.74 Å². The molecule has 0 saturated carbocycles. The van der Waals surface area contributed by atoms with E-state index in [0.29, 0.717) is 11.5 Å². The molecule has 0 fully saturated rings. The standard InChI is InChI=1S/C30H19N5OS.Pt/c1-20-18-31-30(37-20)35-28-13-6-5-12-25(28)26-15-14-24(17-29(26)35)36-23-11-7-10-22(16-23)34-19-27(32-33-34)21-8-3-2-4-9-21;/h2-15,18-19H,1H3;/q-2;+2. The summed E-state index contributed by atoms with van der Waals surface area (Å²) in [5.41, 5.74) is 4.56. The van der Waals surface area contributed by atoms with Gasteiger partial charge in [-0.2, -0.15) is 12.1 Å². The van der Waals surface area contributed by atoms with Gasteiger partial charge < -0.3 is 9.30 Å². The van der Waals surface area contributed by atoms with Crippen LogP contribution in [-0.4, -0.2) is 24.5 Å². The van der Waals surface area contributed by atoms with Crippen molar-refractivity contribution < 1.29 is 25.8 Å². The second kappa shape index (κ2) is 10.0. The van der Waals surface area contributed by atoms with Crippen molar-refractivity contribution in [3.63, 3.8) is 0 Å². The number of benzene rings is 4. The normalized spacial score (nSPS) is 11.1. The van der Waals surface area contributed by atoms with Crippen LogP contribution in [-0.2, 0) is 21.1 Å². The SMILES string of the molecule is Cc1cnc(-n2c3[c-]c(Oc4[c-]c(-n5cc(-c6ccccc6)nn5)ccc4)ccc3c3ccccc32)s1.[Pt+2]. The molecule has 0 unspecified atom stereocenters. The van der Waals surface area contributed by atoms with Gasteiger partial charge in [-0.15, -0.1) is 52.2 Å². The number of hydrogen-bond donors (Lipinski definition) is 0. The van der Waals surface area contributed by atoms with Crippen molar-refractivity contribution in [3.8, 4) is 33.6 Å². The average molecular weight is 693 g/mol. The van der Waals surface area contributed by atoms with E-state index < -0.39 is 0 Å². The fraction of sp³-hybridized carbons (Fsp3) is 0.0333. The van der Waals surface area contributed by atoms with E-state index in [1.54, 1.807) is 16.0 Å². The summed E-state index contributed by atoms with van der Waals surface area (Å²) in [4.78, 5) is 5.80. The maximum atomic E-state index is 6.23. The van der Waals surface area contributed by atoms with Gasteiger partial charge in [-0.25, -0.2) is 9.67 Å². The molecule has 0 bridgehead atoms. The third-order valence-corrected chi connectivity index (χ3v) is 7.04. The Kier molecular flexibility index (Phi) is 6.40. The van der Waals surface area contributed by atoms with Crippen LogP contribution in [0.15, 0.2) is 97.3 Å². The Balaban J connectivity index is 0.00000264. The van der Waals surface area contributed by atoms with Crippen LogP contribution in [0, 0.1) is 19.1 Å². The predicted octanol–water partition coefficient (Wildman–Crippen LogP) is 7.19. The van der Waals surface area contributed by atoms with Crippen LogP contribution in [0.25, 0.3) is 43.9 Å². The number of aromatic nitrogens is 5. The molecule has 0 saturated heterocycles. The first-order chi connectivity index (χ1) is 18.2. The molecule has 0 amide bonds. The summed E-state index contributed by atoms with van der Waals surface area (Å²) in [5, 5.41) is 11.8. The second-order valence-corrected chi connectivity index (χ2v) is 9.82. The van der Waals surface area contributed by atoms with Crippen molar-refractivity contribution in [2.24, 2.45) is 0 Å². The Morgan fingerprint density at radius 2 is 1.63 bits per heavy atom. The number of ether oxygens (including phenoxy) is 1. The molecular formula is C30H19N5OPtS. The van der Waals surface area contributed by atoms with Crippen LogP contribution >= 0.6 is 11.3 Å². The molecule has 3 aromatic heterocycles. The molecule has 186 valence electrons. The molecule has 0 aliphatic heterocycles. The summed E-state index contributed by atoms with van der Waals surface area (Å²) >= 11 is 1.65. The number of thiazole rings is 1. The van der Waals surface area contributed by atoms with Crippen LogP contribution in [0.2, 0.25) is 0 Å². The van der Waals surface area contributed by atoms with Crippen LogP contribution in [0.5, 0.6) is 11.5 Å². The molecule has 7 rings (SSSR count). The van der Waals surface area contributed by atoms with Gasteiger partial charge in [0, 0.05) is 33.7 Å². The van der Waals surface area contributed by atoms with Gasteiger partial charge in [0.05, 0.1) is 6.20 Å². The van der Waals surface area contributed by atoms with E-state index in [0.717, 1.165) is 48.8 Å². The van der Waals surface area contributed by atoms with Crippen molar-refractivity contribution in [1.29, 1.82) is 0 Å². The fourth-order valence-corrected chi connectivity index (χ4v) is 5.23. The number of rotatable bonds is 5. The van der Waals surface area contributed by atoms with E-state index in [1.165, 1.54) is 0 Å². The number of hydrogen-bond acceptors (Lipinski definition) is 5. The molecule has 38 heavy (non-hydrogen) atoms. The maximum absolute atomic E-state index is 6.23. The monoisotopic (exact) mass is 692 g/mol. The molecule has 4 aromatic carbocycles. The first-order valence-corrected chi connectivity index (χ1v) is 12.6. The number of nitrogens with zero attached hydrogens (tertiary/aromatic N) is 5. The molecule has 8 heteroatoms. The molecule has 0 radical (unpaired) electrons. The van der Waals surface area contributed by atoms with E-state index in [9.17, 15) is 0 Å². The number of fused-ring (bicyclic) bond motifs is 3. The molecule has 0 aliphatic carbocycles. The third-order valence-electron chi connectivity index (χ3n) is 6.14. The first-order valence-electron chi connectivity index (χ1n) is 11.8. The van der Waals surface area contributed by atoms with Crippen LogP contribution in [0.3, 0.4) is 0 Å². The van der Waals surface area contributed by atoms with Crippen LogP contribution in [0.4, 0.5) is 0 Å². The summed E-state index contributed by atoms with van der Waals surface area (Å²) in [7, 11) is 0. The van der Waals surface area contributed by atoms with Gasteiger partial charge in [0.2, 0.25) is 0 Å². The molecule has 0 N–H and O–H groups in total. The topological polar surface area (TPSA) is 57.8 Å². The summed E-state index contributed by atoms with van der Waals surface area (Å²) in [5.74, 6) is 1.17. The Hall–Kier alpha value is -4.06. The van der Waals surface area contributed by atoms with Crippen molar-refractivity contribution in [1.82, 2.24) is 24.5 Å². The molecule has 0 aliphatic rings. The third kappa shape index (κ3) is 4.34. The van der Waals surface area contributed by atoms with Gasteiger partial charge in [-0.1, -0.05) is 59.3 Å². The minimum Gasteiger partial charge on any atom is -0.509 e. The van der Waals surface area contributed by atoms with Crippen molar-refractivity contribution in [2.75, 3.05) is 0 Å². The van der Waals surface area contributed by atoms with Crippen LogP contribution in [0.1, 0.15) is 4.88 Å². The maximum Gasteiger partial charge on any atom is 2.00 e. The van der Waals surface area contributed by atoms with Gasteiger partial charge in [0.25, 0.3) is 0 Å². The fourth-order valence-electron chi connectivity index (χ4n) is 4.45. The smallest absolute Gasteiger partial charge is 0.509 e. The quantitative estimate of drug-likeness (QED) is 0.179. The second-order valence-electron chi connectivity index (χ2n) is 8.61. The summed E-state index contributed by atoms with van der Waals surface area (Å²) < 4.78 is 10.1. The Labute approximate surface area is 237 Å². The van der Waals surface area contributed by atoms with E-state index >= 15 is 0 Å².